The molecule has 0 fully saturated rings. The fourth-order valence-electron chi connectivity index (χ4n) is 1.70. The van der Waals surface area contributed by atoms with Crippen LogP contribution in [0.25, 0.3) is 11.3 Å². The summed E-state index contributed by atoms with van der Waals surface area (Å²) in [4.78, 5) is 8.56. The normalized spacial score (nSPS) is 11.3. The highest BCUT2D eigenvalue weighted by Crippen LogP contribution is 2.16. The van der Waals surface area contributed by atoms with Crippen molar-refractivity contribution in [3.63, 3.8) is 0 Å². The highest BCUT2D eigenvalue weighted by Gasteiger charge is 2.00. The zero-order valence-electron chi connectivity index (χ0n) is 11.4. The van der Waals surface area contributed by atoms with Crippen LogP contribution in [0.2, 0.25) is 0 Å². The fraction of sp³-hybridized carbons (Fsp3) is 0.176. The minimum absolute atomic E-state index is 0.554. The zero-order valence-corrected chi connectivity index (χ0v) is 11.4. The van der Waals surface area contributed by atoms with Gasteiger partial charge in [0.15, 0.2) is 0 Å². The lowest BCUT2D eigenvalue weighted by molar-refractivity contribution is 0.253. The predicted octanol–water partition coefficient (Wildman–Crippen LogP) is 2.60. The Balaban J connectivity index is 2.17. The number of aromatic nitrogens is 2. The van der Waals surface area contributed by atoms with E-state index in [0.717, 1.165) is 17.7 Å². The van der Waals surface area contributed by atoms with Crippen molar-refractivity contribution in [2.24, 2.45) is 0 Å². The van der Waals surface area contributed by atoms with E-state index >= 15 is 0 Å². The molecule has 0 aliphatic rings. The zero-order chi connectivity index (χ0) is 14.4. The molecule has 0 spiro atoms. The van der Waals surface area contributed by atoms with Crippen molar-refractivity contribution in [3.8, 4) is 23.1 Å². The van der Waals surface area contributed by atoms with Crippen LogP contribution >= 0.6 is 0 Å². The van der Waals surface area contributed by atoms with Crippen LogP contribution in [0, 0.1) is 11.8 Å². The maximum atomic E-state index is 9.09. The van der Waals surface area contributed by atoms with Gasteiger partial charge in [0.25, 0.3) is 0 Å². The van der Waals surface area contributed by atoms with Gasteiger partial charge < -0.3 is 5.11 Å². The van der Waals surface area contributed by atoms with Gasteiger partial charge in [0, 0.05) is 5.56 Å². The molecule has 0 amide bonds. The van der Waals surface area contributed by atoms with Crippen LogP contribution in [-0.4, -0.2) is 21.2 Å². The van der Waals surface area contributed by atoms with Crippen LogP contribution in [0.3, 0.4) is 0 Å². The van der Waals surface area contributed by atoms with Crippen molar-refractivity contribution < 1.29 is 5.11 Å². The van der Waals surface area contributed by atoms with Crippen LogP contribution in [0.1, 0.15) is 18.2 Å². The molecule has 1 N–H and O–H groups in total. The second-order valence-electron chi connectivity index (χ2n) is 4.42. The molecule has 0 radical (unpaired) electrons. The molecule has 1 atom stereocenters. The van der Waals surface area contributed by atoms with Gasteiger partial charge in [-0.1, -0.05) is 36.3 Å². The maximum Gasteiger partial charge on any atom is 0.131 e. The largest absolute Gasteiger partial charge is 0.381 e. The average molecular weight is 264 g/mol. The monoisotopic (exact) mass is 264 g/mol. The summed E-state index contributed by atoms with van der Waals surface area (Å²) < 4.78 is 0. The quantitative estimate of drug-likeness (QED) is 0.684. The van der Waals surface area contributed by atoms with Crippen LogP contribution in [0.4, 0.5) is 0 Å². The van der Waals surface area contributed by atoms with Crippen LogP contribution in [0.5, 0.6) is 0 Å². The van der Waals surface area contributed by atoms with E-state index in [1.807, 2.05) is 18.2 Å². The van der Waals surface area contributed by atoms with Crippen molar-refractivity contribution in [2.45, 2.75) is 19.4 Å². The molecule has 1 unspecified atom stereocenters. The molecule has 100 valence electrons. The third-order valence-corrected chi connectivity index (χ3v) is 2.69. The first-order valence-electron chi connectivity index (χ1n) is 6.41. The summed E-state index contributed by atoms with van der Waals surface area (Å²) in [5.74, 6) is 5.40. The summed E-state index contributed by atoms with van der Waals surface area (Å²) >= 11 is 0. The Hall–Kier alpha value is -2.44. The summed E-state index contributed by atoms with van der Waals surface area (Å²) in [5.41, 5.74) is 3.59. The number of rotatable bonds is 3. The van der Waals surface area contributed by atoms with E-state index in [-0.39, 0.29) is 0 Å². The van der Waals surface area contributed by atoms with Crippen molar-refractivity contribution in [1.82, 2.24) is 9.97 Å². The summed E-state index contributed by atoms with van der Waals surface area (Å²) in [6.07, 6.45) is 5.38. The van der Waals surface area contributed by atoms with E-state index in [1.54, 1.807) is 19.3 Å². The molecule has 0 bridgehead atoms. The number of nitrogens with zero attached hydrogens (tertiary/aromatic N) is 2. The Morgan fingerprint density at radius 1 is 1.25 bits per heavy atom. The third kappa shape index (κ3) is 3.78. The molecule has 0 aliphatic carbocycles. The highest BCUT2D eigenvalue weighted by atomic mass is 16.3. The first-order chi connectivity index (χ1) is 9.69. The molecule has 2 rings (SSSR count). The third-order valence-electron chi connectivity index (χ3n) is 2.69. The molecule has 3 heteroatoms. The summed E-state index contributed by atoms with van der Waals surface area (Å²) in [5, 5.41) is 9.09. The SMILES string of the molecule is C=CCc1ccc(-c2cnc(C#CC(C)O)cn2)cc1. The summed E-state index contributed by atoms with van der Waals surface area (Å²) in [6.45, 7) is 5.33. The molecule has 1 aromatic heterocycles. The van der Waals surface area contributed by atoms with Gasteiger partial charge in [-0.15, -0.1) is 6.58 Å². The molecule has 0 aliphatic heterocycles. The molecule has 20 heavy (non-hydrogen) atoms. The van der Waals surface area contributed by atoms with Crippen LogP contribution < -0.4 is 0 Å². The van der Waals surface area contributed by atoms with Crippen molar-refractivity contribution in [3.05, 3.63) is 60.6 Å². The van der Waals surface area contributed by atoms with Gasteiger partial charge in [-0.3, -0.25) is 4.98 Å². The summed E-state index contributed by atoms with van der Waals surface area (Å²) in [7, 11) is 0. The Bertz CT molecular complexity index is 631. The lowest BCUT2D eigenvalue weighted by atomic mass is 10.1. The lowest BCUT2D eigenvalue weighted by Gasteiger charge is -2.02. The molecule has 0 saturated heterocycles. The second kappa shape index (κ2) is 6.65. The maximum absolute atomic E-state index is 9.09. The number of allylic oxidation sites excluding steroid dienone is 1. The molecule has 1 heterocycles. The van der Waals surface area contributed by atoms with E-state index in [9.17, 15) is 0 Å². The van der Waals surface area contributed by atoms with Gasteiger partial charge >= 0.3 is 0 Å². The average Bonchev–Trinajstić information content (AvgIpc) is 2.47. The Morgan fingerprint density at radius 2 is 2.00 bits per heavy atom. The molecule has 0 saturated carbocycles. The van der Waals surface area contributed by atoms with Crippen LogP contribution in [0.15, 0.2) is 49.3 Å². The molecular formula is C17H16N2O. The van der Waals surface area contributed by atoms with Crippen molar-refractivity contribution in [1.29, 1.82) is 0 Å². The number of hydrogen-bond donors (Lipinski definition) is 1. The minimum Gasteiger partial charge on any atom is -0.381 e. The Morgan fingerprint density at radius 3 is 2.55 bits per heavy atom. The second-order valence-corrected chi connectivity index (χ2v) is 4.42. The molecule has 2 aromatic rings. The summed E-state index contributed by atoms with van der Waals surface area (Å²) in [6, 6.07) is 8.15. The smallest absolute Gasteiger partial charge is 0.131 e. The van der Waals surface area contributed by atoms with E-state index < -0.39 is 6.10 Å². The molecule has 3 nitrogen and oxygen atoms in total. The Kier molecular flexibility index (Phi) is 4.65. The van der Waals surface area contributed by atoms with Gasteiger partial charge in [-0.25, -0.2) is 4.98 Å². The van der Waals surface area contributed by atoms with Gasteiger partial charge in [-0.05, 0) is 24.8 Å². The van der Waals surface area contributed by atoms with Gasteiger partial charge in [-0.2, -0.15) is 0 Å². The van der Waals surface area contributed by atoms with Gasteiger partial charge in [0.2, 0.25) is 0 Å². The lowest BCUT2D eigenvalue weighted by Crippen LogP contribution is -1.94. The van der Waals surface area contributed by atoms with Gasteiger partial charge in [0.05, 0.1) is 18.1 Å². The first-order valence-corrected chi connectivity index (χ1v) is 6.41. The Labute approximate surface area is 119 Å². The highest BCUT2D eigenvalue weighted by molar-refractivity contribution is 5.58. The fourth-order valence-corrected chi connectivity index (χ4v) is 1.70. The van der Waals surface area contributed by atoms with Crippen molar-refractivity contribution in [2.75, 3.05) is 0 Å². The number of aliphatic hydroxyl groups is 1. The molecular weight excluding hydrogens is 248 g/mol. The first kappa shape index (κ1) is 14.0. The number of aliphatic hydroxyl groups excluding tert-OH is 1. The molecule has 1 aromatic carbocycles. The van der Waals surface area contributed by atoms with Gasteiger partial charge in [0.1, 0.15) is 11.8 Å². The topological polar surface area (TPSA) is 46.0 Å². The van der Waals surface area contributed by atoms with Crippen LogP contribution in [-0.2, 0) is 6.42 Å². The van der Waals surface area contributed by atoms with E-state index in [4.69, 9.17) is 5.11 Å². The van der Waals surface area contributed by atoms with E-state index in [1.165, 1.54) is 5.56 Å². The minimum atomic E-state index is -0.658. The van der Waals surface area contributed by atoms with E-state index in [0.29, 0.717) is 5.69 Å². The standard InChI is InChI=1S/C17H16N2O/c1-3-4-14-6-8-15(9-7-14)17-12-18-16(11-19-17)10-5-13(2)20/h3,6-9,11-13,20H,1,4H2,2H3. The predicted molar refractivity (Wildman–Crippen MR) is 79.9 cm³/mol. The number of benzene rings is 1. The number of hydrogen-bond acceptors (Lipinski definition) is 3. The van der Waals surface area contributed by atoms with E-state index in [2.05, 4.69) is 40.5 Å². The van der Waals surface area contributed by atoms with Crippen molar-refractivity contribution >= 4 is 0 Å².